The molecule has 2 aliphatic rings. The third-order valence-electron chi connectivity index (χ3n) is 8.91. The number of aliphatic hydroxyl groups excluding tert-OH is 1. The highest BCUT2D eigenvalue weighted by Crippen LogP contribution is 2.39. The summed E-state index contributed by atoms with van der Waals surface area (Å²) < 4.78 is 24.2. The number of hydrogen-bond acceptors (Lipinski definition) is 8. The molecular formula is C37H46N2O8. The molecule has 3 atom stereocenters. The van der Waals surface area contributed by atoms with Crippen molar-refractivity contribution in [1.29, 1.82) is 0 Å². The largest absolute Gasteiger partial charge is 0.493 e. The van der Waals surface area contributed by atoms with Gasteiger partial charge in [-0.15, -0.1) is 0 Å². The Kier molecular flexibility index (Phi) is 12.2. The van der Waals surface area contributed by atoms with Gasteiger partial charge in [0.25, 0.3) is 0 Å². The van der Waals surface area contributed by atoms with Gasteiger partial charge in [0.05, 0.1) is 33.0 Å². The zero-order valence-electron chi connectivity index (χ0n) is 27.3. The molecule has 3 aromatic rings. The van der Waals surface area contributed by atoms with Crippen LogP contribution in [0.3, 0.4) is 0 Å². The average molecular weight is 647 g/mol. The Morgan fingerprint density at radius 2 is 1.53 bits per heavy atom. The summed E-state index contributed by atoms with van der Waals surface area (Å²) in [5.41, 5.74) is 6.28. The molecule has 2 heterocycles. The Bertz CT molecular complexity index is 1480. The summed E-state index contributed by atoms with van der Waals surface area (Å²) in [5, 5.41) is 21.2. The first-order valence-corrected chi connectivity index (χ1v) is 16.4. The molecule has 1 saturated heterocycles. The number of amides is 1. The van der Waals surface area contributed by atoms with Crippen LogP contribution in [0.4, 0.5) is 0 Å². The minimum Gasteiger partial charge on any atom is -0.493 e. The first-order valence-electron chi connectivity index (χ1n) is 16.4. The summed E-state index contributed by atoms with van der Waals surface area (Å²) in [6, 6.07) is 20.0. The first kappa shape index (κ1) is 34.4. The van der Waals surface area contributed by atoms with Crippen LogP contribution in [0.1, 0.15) is 84.3 Å². The Hall–Kier alpha value is -3.96. The van der Waals surface area contributed by atoms with Crippen molar-refractivity contribution in [1.82, 2.24) is 10.2 Å². The number of methoxy groups -OCH3 is 2. The molecular weight excluding hydrogens is 600 g/mol. The highest BCUT2D eigenvalue weighted by atomic mass is 16.7. The summed E-state index contributed by atoms with van der Waals surface area (Å²) in [5.74, 6) is 0.640. The second-order valence-electron chi connectivity index (χ2n) is 12.3. The van der Waals surface area contributed by atoms with Crippen LogP contribution in [0.5, 0.6) is 11.5 Å². The van der Waals surface area contributed by atoms with Crippen molar-refractivity contribution in [2.45, 2.75) is 83.1 Å². The molecule has 10 nitrogen and oxygen atoms in total. The summed E-state index contributed by atoms with van der Waals surface area (Å²) in [6.07, 6.45) is 3.29. The number of aliphatic carboxylic acids is 1. The van der Waals surface area contributed by atoms with E-state index in [4.69, 9.17) is 24.1 Å². The van der Waals surface area contributed by atoms with E-state index in [1.165, 1.54) is 11.1 Å². The Morgan fingerprint density at radius 3 is 2.21 bits per heavy atom. The normalized spacial score (nSPS) is 19.5. The van der Waals surface area contributed by atoms with Crippen molar-refractivity contribution in [3.05, 3.63) is 94.0 Å². The second-order valence-corrected chi connectivity index (χ2v) is 12.3. The fourth-order valence-electron chi connectivity index (χ4n) is 6.24. The van der Waals surface area contributed by atoms with Gasteiger partial charge < -0.3 is 34.5 Å². The van der Waals surface area contributed by atoms with Gasteiger partial charge in [0.1, 0.15) is 0 Å². The molecule has 0 aliphatic carbocycles. The lowest BCUT2D eigenvalue weighted by Crippen LogP contribution is -2.41. The predicted octanol–water partition coefficient (Wildman–Crippen LogP) is 5.45. The van der Waals surface area contributed by atoms with Gasteiger partial charge in [-0.25, -0.2) is 0 Å². The number of ether oxygens (including phenoxy) is 4. The molecule has 0 aromatic heterocycles. The molecule has 3 aromatic carbocycles. The Labute approximate surface area is 276 Å². The van der Waals surface area contributed by atoms with Gasteiger partial charge in [-0.2, -0.15) is 0 Å². The number of nitrogens with zero attached hydrogens (tertiary/aromatic N) is 1. The molecule has 252 valence electrons. The lowest BCUT2D eigenvalue weighted by Gasteiger charge is -2.39. The highest BCUT2D eigenvalue weighted by molar-refractivity contribution is 5.75. The maximum atomic E-state index is 12.3. The maximum Gasteiger partial charge on any atom is 0.303 e. The van der Waals surface area contributed by atoms with Crippen LogP contribution in [0.15, 0.2) is 60.7 Å². The van der Waals surface area contributed by atoms with E-state index in [2.05, 4.69) is 22.3 Å². The number of benzene rings is 3. The van der Waals surface area contributed by atoms with Crippen molar-refractivity contribution < 1.29 is 38.7 Å². The minimum atomic E-state index is -0.805. The van der Waals surface area contributed by atoms with Crippen LogP contribution >= 0.6 is 0 Å². The number of nitrogens with one attached hydrogen (secondary N) is 1. The smallest absolute Gasteiger partial charge is 0.303 e. The summed E-state index contributed by atoms with van der Waals surface area (Å²) >= 11 is 0. The zero-order valence-corrected chi connectivity index (χ0v) is 27.3. The minimum absolute atomic E-state index is 0.00709. The average Bonchev–Trinajstić information content (AvgIpc) is 3.10. The van der Waals surface area contributed by atoms with Crippen molar-refractivity contribution >= 4 is 11.9 Å². The van der Waals surface area contributed by atoms with Gasteiger partial charge in [0.2, 0.25) is 5.91 Å². The maximum absolute atomic E-state index is 12.3. The molecule has 3 N–H and O–H groups in total. The number of hydrogen-bond donors (Lipinski definition) is 3. The fourth-order valence-corrected chi connectivity index (χ4v) is 6.24. The predicted molar refractivity (Wildman–Crippen MR) is 176 cm³/mol. The molecule has 5 rings (SSSR count). The van der Waals surface area contributed by atoms with Gasteiger partial charge in [-0.05, 0) is 59.2 Å². The number of fused-ring (bicyclic) bond motifs is 1. The highest BCUT2D eigenvalue weighted by Gasteiger charge is 2.34. The molecule has 0 bridgehead atoms. The topological polar surface area (TPSA) is 127 Å². The first-order chi connectivity index (χ1) is 22.8. The molecule has 2 aliphatic heterocycles. The number of aliphatic hydroxyl groups is 1. The van der Waals surface area contributed by atoms with E-state index in [0.717, 1.165) is 66.2 Å². The van der Waals surface area contributed by atoms with Crippen LogP contribution in [0.2, 0.25) is 0 Å². The number of carboxylic acids is 1. The summed E-state index contributed by atoms with van der Waals surface area (Å²) in [6.45, 7) is 2.86. The van der Waals surface area contributed by atoms with E-state index in [1.54, 1.807) is 14.2 Å². The number of carboxylic acid groups (broad SMARTS) is 1. The SMILES string of the molecule is COc1cc2c(cc1OC)CN(C[C@@H]1C[C@H](c3ccc(CO)cc3)O[C@H](c3ccc(CNC(=O)CCCCCC(=O)O)cc3)O1)CC2. The molecule has 0 radical (unpaired) electrons. The third-order valence-corrected chi connectivity index (χ3v) is 8.91. The summed E-state index contributed by atoms with van der Waals surface area (Å²) in [7, 11) is 3.32. The quantitative estimate of drug-likeness (QED) is 0.185. The summed E-state index contributed by atoms with van der Waals surface area (Å²) in [4.78, 5) is 25.3. The van der Waals surface area contributed by atoms with E-state index in [1.807, 2.05) is 48.5 Å². The monoisotopic (exact) mass is 646 g/mol. The fraction of sp³-hybridized carbons (Fsp3) is 0.459. The van der Waals surface area contributed by atoms with E-state index in [9.17, 15) is 14.7 Å². The molecule has 47 heavy (non-hydrogen) atoms. The lowest BCUT2D eigenvalue weighted by atomic mass is 9.97. The second kappa shape index (κ2) is 16.7. The lowest BCUT2D eigenvalue weighted by molar-refractivity contribution is -0.253. The van der Waals surface area contributed by atoms with Gasteiger partial charge in [-0.3, -0.25) is 14.5 Å². The van der Waals surface area contributed by atoms with Gasteiger partial charge in [0.15, 0.2) is 17.8 Å². The number of carbonyl (C=O) groups is 2. The van der Waals surface area contributed by atoms with Crippen molar-refractivity contribution in [2.75, 3.05) is 27.3 Å². The third kappa shape index (κ3) is 9.54. The number of rotatable bonds is 15. The molecule has 1 amide bonds. The van der Waals surface area contributed by atoms with Crippen molar-refractivity contribution in [2.24, 2.45) is 0 Å². The van der Waals surface area contributed by atoms with E-state index in [-0.39, 0.29) is 31.1 Å². The van der Waals surface area contributed by atoms with Crippen LogP contribution < -0.4 is 14.8 Å². The van der Waals surface area contributed by atoms with Crippen LogP contribution in [-0.4, -0.2) is 60.4 Å². The van der Waals surface area contributed by atoms with Crippen molar-refractivity contribution in [3.8, 4) is 11.5 Å². The molecule has 0 saturated carbocycles. The van der Waals surface area contributed by atoms with E-state index < -0.39 is 12.3 Å². The Balaban J connectivity index is 1.22. The molecule has 10 heteroatoms. The van der Waals surface area contributed by atoms with Gasteiger partial charge in [-0.1, -0.05) is 55.0 Å². The van der Waals surface area contributed by atoms with Crippen LogP contribution in [-0.2, 0) is 45.2 Å². The molecule has 1 fully saturated rings. The Morgan fingerprint density at radius 1 is 0.872 bits per heavy atom. The van der Waals surface area contributed by atoms with Crippen molar-refractivity contribution in [3.63, 3.8) is 0 Å². The zero-order chi connectivity index (χ0) is 33.2. The van der Waals surface area contributed by atoms with Crippen LogP contribution in [0.25, 0.3) is 0 Å². The van der Waals surface area contributed by atoms with E-state index >= 15 is 0 Å². The number of carbonyl (C=O) groups excluding carboxylic acids is 1. The number of unbranched alkanes of at least 4 members (excludes halogenated alkanes) is 2. The molecule has 0 spiro atoms. The van der Waals surface area contributed by atoms with E-state index in [0.29, 0.717) is 32.2 Å². The van der Waals surface area contributed by atoms with Gasteiger partial charge in [0, 0.05) is 51.0 Å². The molecule has 0 unspecified atom stereocenters. The van der Waals surface area contributed by atoms with Gasteiger partial charge >= 0.3 is 5.97 Å². The van der Waals surface area contributed by atoms with Crippen LogP contribution in [0, 0.1) is 0 Å². The standard InChI is InChI=1S/C37H46N2O8/c1-44-33-18-29-16-17-39(22-30(29)19-34(33)45-2)23-31-20-32(27-12-10-26(24-40)11-13-27)47-37(46-31)28-14-8-25(9-15-28)21-38-35(41)6-4-3-5-7-36(42)43/h8-15,18-19,31-32,37,40H,3-7,16-17,20-24H2,1-2H3,(H,38,41)(H,42,43)/t31-,32+,37+/m0/s1.